The van der Waals surface area contributed by atoms with Crippen LogP contribution in [0.5, 0.6) is 5.75 Å². The van der Waals surface area contributed by atoms with Crippen LogP contribution in [-0.2, 0) is 0 Å². The molecule has 13 rings (SSSR count). The summed E-state index contributed by atoms with van der Waals surface area (Å²) in [4.78, 5) is 2.38. The van der Waals surface area contributed by atoms with Crippen LogP contribution in [0.4, 0.5) is 17.1 Å². The van der Waals surface area contributed by atoms with Crippen molar-refractivity contribution in [1.29, 1.82) is 0 Å². The van der Waals surface area contributed by atoms with E-state index in [0.29, 0.717) is 0 Å². The number of anilines is 3. The average Bonchev–Trinajstić information content (AvgIpc) is 3.93. The van der Waals surface area contributed by atoms with Gasteiger partial charge >= 0.3 is 0 Å². The van der Waals surface area contributed by atoms with Gasteiger partial charge in [-0.05, 0) is 104 Å². The van der Waals surface area contributed by atoms with E-state index in [-0.39, 0.29) is 12.0 Å². The quantitative estimate of drug-likeness (QED) is 0.149. The van der Waals surface area contributed by atoms with Crippen molar-refractivity contribution >= 4 is 60.4 Å². The van der Waals surface area contributed by atoms with Crippen molar-refractivity contribution in [2.45, 2.75) is 12.0 Å². The highest BCUT2D eigenvalue weighted by Crippen LogP contribution is 2.47. The Labute approximate surface area is 378 Å². The summed E-state index contributed by atoms with van der Waals surface area (Å²) >= 11 is 0. The van der Waals surface area contributed by atoms with E-state index >= 15 is 0 Å². The van der Waals surface area contributed by atoms with Crippen LogP contribution in [-0.4, -0.2) is 10.7 Å². The zero-order chi connectivity index (χ0) is 42.8. The van der Waals surface area contributed by atoms with Gasteiger partial charge in [0.1, 0.15) is 11.9 Å². The molecule has 65 heavy (non-hydrogen) atoms. The second-order valence-corrected chi connectivity index (χ2v) is 17.2. The summed E-state index contributed by atoms with van der Waals surface area (Å²) in [5.41, 5.74) is 15.1. The van der Waals surface area contributed by atoms with E-state index in [0.717, 1.165) is 50.8 Å². The van der Waals surface area contributed by atoms with E-state index in [4.69, 9.17) is 4.74 Å². The molecular formula is C62H42N2O. The molecule has 306 valence electrons. The topological polar surface area (TPSA) is 17.4 Å². The lowest BCUT2D eigenvalue weighted by Crippen LogP contribution is -2.15. The van der Waals surface area contributed by atoms with Crippen LogP contribution in [0.2, 0.25) is 0 Å². The normalized spacial score (nSPS) is 15.1. The fraction of sp³-hybridized carbons (Fsp3) is 0.0323. The zero-order valence-electron chi connectivity index (χ0n) is 35.6. The molecule has 3 nitrogen and oxygen atoms in total. The molecule has 0 fully saturated rings. The molecule has 0 N–H and O–H groups in total. The Morgan fingerprint density at radius 2 is 0.923 bits per heavy atom. The third-order valence-electron chi connectivity index (χ3n) is 13.5. The van der Waals surface area contributed by atoms with Crippen LogP contribution < -0.4 is 9.64 Å². The number of nitrogens with zero attached hydrogens (tertiary/aromatic N) is 2. The molecule has 2 atom stereocenters. The first-order chi connectivity index (χ1) is 32.2. The van der Waals surface area contributed by atoms with Crippen molar-refractivity contribution < 1.29 is 4.74 Å². The predicted octanol–water partition coefficient (Wildman–Crippen LogP) is 16.5. The second-order valence-electron chi connectivity index (χ2n) is 17.2. The van der Waals surface area contributed by atoms with Gasteiger partial charge in [0, 0.05) is 50.4 Å². The van der Waals surface area contributed by atoms with Gasteiger partial charge in [-0.1, -0.05) is 182 Å². The lowest BCUT2D eigenvalue weighted by Gasteiger charge is -2.26. The Morgan fingerprint density at radius 1 is 0.385 bits per heavy atom. The number of fused-ring (bicyclic) bond motifs is 9. The molecule has 0 saturated heterocycles. The van der Waals surface area contributed by atoms with Crippen LogP contribution in [0.15, 0.2) is 243 Å². The molecule has 0 spiro atoms. The number of allylic oxidation sites excluding steroid dienone is 2. The van der Waals surface area contributed by atoms with Crippen molar-refractivity contribution in [3.63, 3.8) is 0 Å². The summed E-state index contributed by atoms with van der Waals surface area (Å²) in [6.07, 6.45) is 8.68. The van der Waals surface area contributed by atoms with Gasteiger partial charge in [-0.2, -0.15) is 0 Å². The lowest BCUT2D eigenvalue weighted by atomic mass is 9.90. The minimum Gasteiger partial charge on any atom is -0.484 e. The first-order valence-corrected chi connectivity index (χ1v) is 22.5. The van der Waals surface area contributed by atoms with Gasteiger partial charge in [0.05, 0.1) is 16.7 Å². The Balaban J connectivity index is 0.870. The maximum atomic E-state index is 6.50. The lowest BCUT2D eigenvalue weighted by molar-refractivity contribution is 0.270. The molecule has 1 aliphatic carbocycles. The number of hydrogen-bond acceptors (Lipinski definition) is 2. The van der Waals surface area contributed by atoms with Crippen LogP contribution >= 0.6 is 0 Å². The minimum atomic E-state index is 0.0648. The highest BCUT2D eigenvalue weighted by atomic mass is 16.5. The van der Waals surface area contributed by atoms with E-state index in [1.54, 1.807) is 0 Å². The second kappa shape index (κ2) is 15.1. The Bertz CT molecular complexity index is 3630. The van der Waals surface area contributed by atoms with Crippen molar-refractivity contribution in [3.05, 3.63) is 248 Å². The maximum absolute atomic E-state index is 6.50. The van der Waals surface area contributed by atoms with Crippen LogP contribution in [0.3, 0.4) is 0 Å². The van der Waals surface area contributed by atoms with E-state index in [1.165, 1.54) is 60.0 Å². The van der Waals surface area contributed by atoms with E-state index in [9.17, 15) is 0 Å². The molecule has 1 aliphatic heterocycles. The molecule has 11 aromatic rings. The fourth-order valence-corrected chi connectivity index (χ4v) is 10.4. The van der Waals surface area contributed by atoms with Gasteiger partial charge < -0.3 is 14.2 Å². The van der Waals surface area contributed by atoms with Crippen molar-refractivity contribution in [3.8, 4) is 44.8 Å². The summed E-state index contributed by atoms with van der Waals surface area (Å²) in [6.45, 7) is 0. The van der Waals surface area contributed by atoms with Crippen LogP contribution in [0, 0.1) is 0 Å². The standard InChI is InChI=1S/C62H42N2O/c1-2-13-50-43(12-1)28-29-46-40-49(38-39-51(46)50)63(47-34-30-42(31-35-47)41-24-26-45(27-25-41)53-18-11-19-57-56-17-6-10-23-61(56)65-62(53)57)48-36-32-44(33-37-48)52-14-3-7-20-58(52)64-59-21-8-4-15-54(59)55-16-5-9-22-60(55)64/h1-40,56,61H. The number of hydrogen-bond donors (Lipinski definition) is 0. The molecule has 0 bridgehead atoms. The number of para-hydroxylation sites is 4. The molecule has 0 saturated carbocycles. The summed E-state index contributed by atoms with van der Waals surface area (Å²) in [5, 5.41) is 7.49. The van der Waals surface area contributed by atoms with Crippen molar-refractivity contribution in [1.82, 2.24) is 4.57 Å². The average molecular weight is 831 g/mol. The van der Waals surface area contributed by atoms with Crippen LogP contribution in [0.25, 0.3) is 82.4 Å². The highest BCUT2D eigenvalue weighted by molar-refractivity contribution is 6.10. The molecule has 10 aromatic carbocycles. The first kappa shape index (κ1) is 37.2. The largest absolute Gasteiger partial charge is 0.484 e. The van der Waals surface area contributed by atoms with E-state index < -0.39 is 0 Å². The van der Waals surface area contributed by atoms with E-state index in [1.807, 2.05) is 0 Å². The smallest absolute Gasteiger partial charge is 0.132 e. The van der Waals surface area contributed by atoms with Gasteiger partial charge in [-0.15, -0.1) is 0 Å². The number of ether oxygens (including phenoxy) is 1. The SMILES string of the molecule is C1=CC2Oc3c(-c4ccc(-c5ccc(N(c6ccc(-c7ccccc7-n7c8ccccc8c8ccccc87)cc6)c6ccc7c(ccc8ccccc87)c6)cc5)cc4)cccc3C2C=C1. The molecule has 0 amide bonds. The summed E-state index contributed by atoms with van der Waals surface area (Å²) < 4.78 is 8.91. The fourth-order valence-electron chi connectivity index (χ4n) is 10.4. The predicted molar refractivity (Wildman–Crippen MR) is 272 cm³/mol. The van der Waals surface area contributed by atoms with Gasteiger partial charge in [0.15, 0.2) is 0 Å². The summed E-state index contributed by atoms with van der Waals surface area (Å²) in [6, 6.07) is 79.7. The highest BCUT2D eigenvalue weighted by Gasteiger charge is 2.33. The first-order valence-electron chi connectivity index (χ1n) is 22.5. The zero-order valence-corrected chi connectivity index (χ0v) is 35.6. The maximum Gasteiger partial charge on any atom is 0.132 e. The molecule has 2 unspecified atom stereocenters. The van der Waals surface area contributed by atoms with Gasteiger partial charge in [0.2, 0.25) is 0 Å². The Morgan fingerprint density at radius 3 is 1.68 bits per heavy atom. The number of aromatic nitrogens is 1. The molecule has 2 aliphatic rings. The molecule has 3 heteroatoms. The Hall–Kier alpha value is -8.40. The van der Waals surface area contributed by atoms with Crippen LogP contribution in [0.1, 0.15) is 11.5 Å². The summed E-state index contributed by atoms with van der Waals surface area (Å²) in [5.74, 6) is 1.27. The van der Waals surface area contributed by atoms with Gasteiger partial charge in [-0.25, -0.2) is 0 Å². The molecule has 2 heterocycles. The van der Waals surface area contributed by atoms with Crippen molar-refractivity contribution in [2.24, 2.45) is 0 Å². The minimum absolute atomic E-state index is 0.0648. The van der Waals surface area contributed by atoms with Gasteiger partial charge in [-0.3, -0.25) is 0 Å². The number of rotatable bonds is 7. The third kappa shape index (κ3) is 6.19. The molecular weight excluding hydrogens is 789 g/mol. The van der Waals surface area contributed by atoms with Crippen molar-refractivity contribution in [2.75, 3.05) is 4.90 Å². The Kier molecular flexibility index (Phi) is 8.67. The third-order valence-corrected chi connectivity index (χ3v) is 13.5. The monoisotopic (exact) mass is 830 g/mol. The summed E-state index contributed by atoms with van der Waals surface area (Å²) in [7, 11) is 0. The van der Waals surface area contributed by atoms with E-state index in [2.05, 4.69) is 252 Å². The number of benzene rings is 10. The molecule has 0 radical (unpaired) electrons. The molecule has 1 aromatic heterocycles. The van der Waals surface area contributed by atoms with Gasteiger partial charge in [0.25, 0.3) is 0 Å².